The van der Waals surface area contributed by atoms with Crippen LogP contribution < -0.4 is 0 Å². The number of ether oxygens (including phenoxy) is 1. The summed E-state index contributed by atoms with van der Waals surface area (Å²) in [6.45, 7) is 2.57. The van der Waals surface area contributed by atoms with Gasteiger partial charge in [0.15, 0.2) is 0 Å². The zero-order valence-corrected chi connectivity index (χ0v) is 7.56. The molecule has 58 valence electrons. The van der Waals surface area contributed by atoms with Gasteiger partial charge < -0.3 is 4.74 Å². The molecule has 0 aromatic heterocycles. The van der Waals surface area contributed by atoms with Crippen molar-refractivity contribution in [1.82, 2.24) is 0 Å². The summed E-state index contributed by atoms with van der Waals surface area (Å²) in [5, 5.41) is 0.736. The molecule has 0 spiro atoms. The van der Waals surface area contributed by atoms with E-state index in [9.17, 15) is 4.79 Å². The van der Waals surface area contributed by atoms with Crippen LogP contribution in [0.5, 0.6) is 0 Å². The number of carbonyl (C=O) groups is 1. The second kappa shape index (κ2) is 3.37. The zero-order chi connectivity index (χ0) is 7.56. The summed E-state index contributed by atoms with van der Waals surface area (Å²) >= 11 is 3.19. The van der Waals surface area contributed by atoms with Crippen molar-refractivity contribution in [2.75, 3.05) is 11.9 Å². The summed E-state index contributed by atoms with van der Waals surface area (Å²) in [5.74, 6) is 0.744. The highest BCUT2D eigenvalue weighted by molar-refractivity contribution is 9.09. The maximum atomic E-state index is 10.9. The van der Waals surface area contributed by atoms with Gasteiger partial charge in [0, 0.05) is 5.33 Å². The van der Waals surface area contributed by atoms with Crippen LogP contribution in [0.25, 0.3) is 0 Å². The molecule has 0 bridgehead atoms. The van der Waals surface area contributed by atoms with Crippen LogP contribution in [0.1, 0.15) is 13.3 Å². The predicted octanol–water partition coefficient (Wildman–Crippen LogP) is 1.58. The van der Waals surface area contributed by atoms with Crippen molar-refractivity contribution in [2.45, 2.75) is 13.3 Å². The second-order valence-electron chi connectivity index (χ2n) is 2.68. The number of halogens is 1. The van der Waals surface area contributed by atoms with Crippen LogP contribution in [0.3, 0.4) is 0 Å². The molecular formula is C7H11BrO2. The van der Waals surface area contributed by atoms with Crippen molar-refractivity contribution < 1.29 is 9.53 Å². The number of hydrogen-bond donors (Lipinski definition) is 0. The molecule has 1 saturated carbocycles. The summed E-state index contributed by atoms with van der Waals surface area (Å²) in [6, 6.07) is 0. The molecule has 2 nitrogen and oxygen atoms in total. The Balaban J connectivity index is 2.11. The third-order valence-corrected chi connectivity index (χ3v) is 2.06. The van der Waals surface area contributed by atoms with Crippen molar-refractivity contribution in [2.24, 2.45) is 11.8 Å². The third kappa shape index (κ3) is 1.97. The van der Waals surface area contributed by atoms with Crippen LogP contribution in [-0.2, 0) is 9.53 Å². The van der Waals surface area contributed by atoms with Crippen molar-refractivity contribution in [3.8, 4) is 0 Å². The van der Waals surface area contributed by atoms with E-state index in [0.717, 1.165) is 11.8 Å². The minimum atomic E-state index is -0.0213. The van der Waals surface area contributed by atoms with Gasteiger partial charge in [0.1, 0.15) is 6.61 Å². The van der Waals surface area contributed by atoms with E-state index in [0.29, 0.717) is 12.5 Å². The molecule has 0 N–H and O–H groups in total. The Bertz CT molecular complexity index is 136. The molecule has 2 atom stereocenters. The van der Waals surface area contributed by atoms with Crippen molar-refractivity contribution in [3.05, 3.63) is 0 Å². The maximum Gasteiger partial charge on any atom is 0.309 e. The van der Waals surface area contributed by atoms with Crippen LogP contribution >= 0.6 is 15.9 Å². The third-order valence-electron chi connectivity index (χ3n) is 1.73. The standard InChI is InChI=1S/C7H11BrO2/c1-5-4-6(5)7(9)10-3-2-8/h5-6H,2-4H2,1H3. The lowest BCUT2D eigenvalue weighted by atomic mass is 10.3. The Hall–Kier alpha value is -0.0500. The molecule has 0 amide bonds. The Morgan fingerprint density at radius 1 is 1.80 bits per heavy atom. The topological polar surface area (TPSA) is 26.3 Å². The van der Waals surface area contributed by atoms with Crippen LogP contribution in [0, 0.1) is 11.8 Å². The Kier molecular flexibility index (Phi) is 2.72. The van der Waals surface area contributed by atoms with Crippen LogP contribution in [-0.4, -0.2) is 17.9 Å². The predicted molar refractivity (Wildman–Crippen MR) is 42.0 cm³/mol. The average Bonchev–Trinajstić information content (AvgIpc) is 2.62. The molecule has 0 radical (unpaired) electrons. The molecule has 0 saturated heterocycles. The van der Waals surface area contributed by atoms with E-state index in [1.165, 1.54) is 0 Å². The largest absolute Gasteiger partial charge is 0.465 e. The number of carbonyl (C=O) groups excluding carboxylic acids is 1. The number of alkyl halides is 1. The van der Waals surface area contributed by atoms with E-state index in [-0.39, 0.29) is 11.9 Å². The molecular weight excluding hydrogens is 196 g/mol. The first-order valence-electron chi connectivity index (χ1n) is 3.48. The fourth-order valence-corrected chi connectivity index (χ4v) is 1.06. The van der Waals surface area contributed by atoms with Crippen molar-refractivity contribution >= 4 is 21.9 Å². The van der Waals surface area contributed by atoms with Crippen LogP contribution in [0.4, 0.5) is 0 Å². The van der Waals surface area contributed by atoms with E-state index in [1.54, 1.807) is 0 Å². The van der Waals surface area contributed by atoms with E-state index < -0.39 is 0 Å². The van der Waals surface area contributed by atoms with E-state index >= 15 is 0 Å². The molecule has 1 aliphatic carbocycles. The number of esters is 1. The Morgan fingerprint density at radius 2 is 2.40 bits per heavy atom. The zero-order valence-electron chi connectivity index (χ0n) is 5.97. The van der Waals surface area contributed by atoms with Crippen LogP contribution in [0.15, 0.2) is 0 Å². The van der Waals surface area contributed by atoms with Gasteiger partial charge in [-0.3, -0.25) is 4.79 Å². The first kappa shape index (κ1) is 8.05. The van der Waals surface area contributed by atoms with Gasteiger partial charge in [0.2, 0.25) is 0 Å². The average molecular weight is 207 g/mol. The summed E-state index contributed by atoms with van der Waals surface area (Å²) in [6.07, 6.45) is 1.01. The van der Waals surface area contributed by atoms with Gasteiger partial charge in [0.25, 0.3) is 0 Å². The monoisotopic (exact) mass is 206 g/mol. The molecule has 0 aromatic rings. The van der Waals surface area contributed by atoms with Gasteiger partial charge in [0.05, 0.1) is 5.92 Å². The van der Waals surface area contributed by atoms with Gasteiger partial charge in [-0.05, 0) is 12.3 Å². The van der Waals surface area contributed by atoms with Gasteiger partial charge in [-0.25, -0.2) is 0 Å². The molecule has 1 fully saturated rings. The second-order valence-corrected chi connectivity index (χ2v) is 3.47. The molecule has 2 unspecified atom stereocenters. The molecule has 0 heterocycles. The van der Waals surface area contributed by atoms with E-state index in [1.807, 2.05) is 0 Å². The van der Waals surface area contributed by atoms with E-state index in [2.05, 4.69) is 22.9 Å². The first-order valence-corrected chi connectivity index (χ1v) is 4.60. The Labute approximate surface area is 69.1 Å². The lowest BCUT2D eigenvalue weighted by Crippen LogP contribution is -2.09. The molecule has 0 aromatic carbocycles. The molecule has 1 rings (SSSR count). The molecule has 10 heavy (non-hydrogen) atoms. The number of rotatable bonds is 3. The van der Waals surface area contributed by atoms with Gasteiger partial charge in [-0.15, -0.1) is 0 Å². The highest BCUT2D eigenvalue weighted by Crippen LogP contribution is 2.38. The lowest BCUT2D eigenvalue weighted by Gasteiger charge is -1.99. The molecule has 0 aliphatic heterocycles. The van der Waals surface area contributed by atoms with Gasteiger partial charge >= 0.3 is 5.97 Å². The fraction of sp³-hybridized carbons (Fsp3) is 0.857. The van der Waals surface area contributed by atoms with Gasteiger partial charge in [-0.1, -0.05) is 22.9 Å². The minimum absolute atomic E-state index is 0.0213. The summed E-state index contributed by atoms with van der Waals surface area (Å²) in [5.41, 5.74) is 0. The summed E-state index contributed by atoms with van der Waals surface area (Å²) in [7, 11) is 0. The van der Waals surface area contributed by atoms with Crippen molar-refractivity contribution in [1.29, 1.82) is 0 Å². The van der Waals surface area contributed by atoms with Crippen molar-refractivity contribution in [3.63, 3.8) is 0 Å². The summed E-state index contributed by atoms with van der Waals surface area (Å²) < 4.78 is 4.90. The minimum Gasteiger partial charge on any atom is -0.465 e. The normalized spacial score (nSPS) is 29.8. The number of hydrogen-bond acceptors (Lipinski definition) is 2. The van der Waals surface area contributed by atoms with Crippen LogP contribution in [0.2, 0.25) is 0 Å². The quantitative estimate of drug-likeness (QED) is 0.518. The van der Waals surface area contributed by atoms with Gasteiger partial charge in [-0.2, -0.15) is 0 Å². The smallest absolute Gasteiger partial charge is 0.309 e. The fourth-order valence-electron chi connectivity index (χ4n) is 0.897. The highest BCUT2D eigenvalue weighted by Gasteiger charge is 2.40. The summed E-state index contributed by atoms with van der Waals surface area (Å²) in [4.78, 5) is 10.9. The first-order chi connectivity index (χ1) is 4.75. The van der Waals surface area contributed by atoms with E-state index in [4.69, 9.17) is 4.74 Å². The highest BCUT2D eigenvalue weighted by atomic mass is 79.9. The molecule has 3 heteroatoms. The Morgan fingerprint density at radius 3 is 2.80 bits per heavy atom. The maximum absolute atomic E-state index is 10.9. The SMILES string of the molecule is CC1CC1C(=O)OCCBr. The lowest BCUT2D eigenvalue weighted by molar-refractivity contribution is -0.144. The molecule has 1 aliphatic rings.